The van der Waals surface area contributed by atoms with Crippen LogP contribution in [0, 0.1) is 5.41 Å². The van der Waals surface area contributed by atoms with Gasteiger partial charge in [0, 0.05) is 13.0 Å². The molecule has 4 heteroatoms. The largest absolute Gasteiger partial charge is 0.481 e. The zero-order valence-electron chi connectivity index (χ0n) is 11.1. The number of carboxylic acid groups (broad SMARTS) is 1. The quantitative estimate of drug-likeness (QED) is 0.737. The molecule has 0 heterocycles. The topological polar surface area (TPSA) is 66.4 Å². The van der Waals surface area contributed by atoms with Gasteiger partial charge in [-0.2, -0.15) is 0 Å². The third-order valence-electron chi connectivity index (χ3n) is 2.26. The maximum atomic E-state index is 11.3. The number of nitrogens with one attached hydrogen (secondary N) is 1. The van der Waals surface area contributed by atoms with Gasteiger partial charge in [-0.25, -0.2) is 0 Å². The van der Waals surface area contributed by atoms with Crippen molar-refractivity contribution in [3.63, 3.8) is 0 Å². The Bertz CT molecular complexity index is 212. The minimum Gasteiger partial charge on any atom is -0.481 e. The molecule has 1 amide bonds. The summed E-state index contributed by atoms with van der Waals surface area (Å²) in [5.74, 6) is -0.960. The van der Waals surface area contributed by atoms with Crippen LogP contribution in [0.5, 0.6) is 0 Å². The third kappa shape index (κ3) is 11.0. The molecule has 0 saturated carbocycles. The molecule has 0 aliphatic heterocycles. The van der Waals surface area contributed by atoms with Crippen LogP contribution in [0.2, 0.25) is 0 Å². The first kappa shape index (κ1) is 17.3. The average molecular weight is 231 g/mol. The molecule has 0 bridgehead atoms. The van der Waals surface area contributed by atoms with Crippen LogP contribution in [0.4, 0.5) is 0 Å². The maximum Gasteiger partial charge on any atom is 0.305 e. The molecule has 4 nitrogen and oxygen atoms in total. The minimum absolute atomic E-state index is 0.00664. The molecule has 0 unspecified atom stereocenters. The molecule has 0 saturated heterocycles. The van der Waals surface area contributed by atoms with Crippen molar-refractivity contribution >= 4 is 11.9 Å². The van der Waals surface area contributed by atoms with E-state index < -0.39 is 5.97 Å². The zero-order chi connectivity index (χ0) is 13.2. The second kappa shape index (κ2) is 9.19. The van der Waals surface area contributed by atoms with Crippen molar-refractivity contribution in [2.24, 2.45) is 5.41 Å². The van der Waals surface area contributed by atoms with E-state index in [1.807, 2.05) is 34.6 Å². The summed E-state index contributed by atoms with van der Waals surface area (Å²) in [5.41, 5.74) is -0.00664. The first-order chi connectivity index (χ1) is 7.37. The van der Waals surface area contributed by atoms with Crippen LogP contribution >= 0.6 is 0 Å². The lowest BCUT2D eigenvalue weighted by Gasteiger charge is -2.21. The number of carbonyl (C=O) groups excluding carboxylic acids is 1. The van der Waals surface area contributed by atoms with Gasteiger partial charge in [0.1, 0.15) is 0 Å². The van der Waals surface area contributed by atoms with E-state index in [1.54, 1.807) is 0 Å². The van der Waals surface area contributed by atoms with Crippen molar-refractivity contribution < 1.29 is 14.7 Å². The summed E-state index contributed by atoms with van der Waals surface area (Å²) in [6, 6.07) is 0. The maximum absolute atomic E-state index is 11.3. The fourth-order valence-electron chi connectivity index (χ4n) is 0.931. The van der Waals surface area contributed by atoms with Crippen molar-refractivity contribution in [2.45, 2.75) is 53.9 Å². The Balaban J connectivity index is 0. The fourth-order valence-corrected chi connectivity index (χ4v) is 0.931. The van der Waals surface area contributed by atoms with Crippen LogP contribution in [-0.2, 0) is 9.59 Å². The molecule has 0 radical (unpaired) electrons. The van der Waals surface area contributed by atoms with Gasteiger partial charge in [0.2, 0.25) is 5.91 Å². The van der Waals surface area contributed by atoms with Gasteiger partial charge in [-0.1, -0.05) is 41.0 Å². The van der Waals surface area contributed by atoms with E-state index in [0.717, 1.165) is 6.42 Å². The van der Waals surface area contributed by atoms with E-state index in [1.165, 1.54) is 0 Å². The van der Waals surface area contributed by atoms with E-state index in [4.69, 9.17) is 5.11 Å². The molecule has 96 valence electrons. The van der Waals surface area contributed by atoms with E-state index in [0.29, 0.717) is 6.42 Å². The lowest BCUT2D eigenvalue weighted by molar-refractivity contribution is -0.136. The van der Waals surface area contributed by atoms with Gasteiger partial charge in [-0.3, -0.25) is 9.59 Å². The van der Waals surface area contributed by atoms with Gasteiger partial charge in [-0.05, 0) is 5.41 Å². The van der Waals surface area contributed by atoms with E-state index >= 15 is 0 Å². The highest BCUT2D eigenvalue weighted by atomic mass is 16.4. The molecule has 0 fully saturated rings. The number of amides is 1. The number of aliphatic carboxylic acids is 1. The van der Waals surface area contributed by atoms with Gasteiger partial charge in [0.15, 0.2) is 0 Å². The van der Waals surface area contributed by atoms with Crippen LogP contribution in [-0.4, -0.2) is 23.5 Å². The molecule has 0 atom stereocenters. The van der Waals surface area contributed by atoms with Crippen LogP contribution in [0.1, 0.15) is 53.9 Å². The Morgan fingerprint density at radius 1 is 1.25 bits per heavy atom. The fraction of sp³-hybridized carbons (Fsp3) is 0.833. The number of hydrogen-bond donors (Lipinski definition) is 2. The smallest absolute Gasteiger partial charge is 0.305 e. The molecular formula is C12H25NO3. The second-order valence-corrected chi connectivity index (χ2v) is 4.19. The van der Waals surface area contributed by atoms with Crippen LogP contribution < -0.4 is 5.32 Å². The molecule has 0 spiro atoms. The molecule has 0 aliphatic carbocycles. The Kier molecular flexibility index (Phi) is 9.96. The van der Waals surface area contributed by atoms with Gasteiger partial charge in [0.25, 0.3) is 0 Å². The first-order valence-electron chi connectivity index (χ1n) is 5.86. The van der Waals surface area contributed by atoms with Gasteiger partial charge in [0.05, 0.1) is 6.42 Å². The monoisotopic (exact) mass is 231 g/mol. The van der Waals surface area contributed by atoms with E-state index in [-0.39, 0.29) is 24.3 Å². The van der Waals surface area contributed by atoms with Gasteiger partial charge >= 0.3 is 5.97 Å². The Hall–Kier alpha value is -1.06. The summed E-state index contributed by atoms with van der Waals surface area (Å²) in [6.07, 6.45) is 1.36. The molecule has 0 aromatic carbocycles. The third-order valence-corrected chi connectivity index (χ3v) is 2.26. The standard InChI is InChI=1S/C10H19NO3.C2H6/c1-4-10(2,3)7-8(12)11-6-5-9(13)14;1-2/h4-7H2,1-3H3,(H,11,12)(H,13,14);1-2H3. The summed E-state index contributed by atoms with van der Waals surface area (Å²) in [5, 5.41) is 10.9. The van der Waals surface area contributed by atoms with Crippen molar-refractivity contribution in [1.82, 2.24) is 5.32 Å². The highest BCUT2D eigenvalue weighted by Gasteiger charge is 2.19. The lowest BCUT2D eigenvalue weighted by Crippen LogP contribution is -2.30. The molecule has 0 rings (SSSR count). The van der Waals surface area contributed by atoms with Crippen LogP contribution in [0.25, 0.3) is 0 Å². The van der Waals surface area contributed by atoms with Gasteiger partial charge in [-0.15, -0.1) is 0 Å². The summed E-state index contributed by atoms with van der Waals surface area (Å²) in [7, 11) is 0. The number of carboxylic acids is 1. The highest BCUT2D eigenvalue weighted by molar-refractivity contribution is 5.77. The highest BCUT2D eigenvalue weighted by Crippen LogP contribution is 2.23. The first-order valence-corrected chi connectivity index (χ1v) is 5.86. The Morgan fingerprint density at radius 3 is 2.12 bits per heavy atom. The summed E-state index contributed by atoms with van der Waals surface area (Å²) >= 11 is 0. The Morgan fingerprint density at radius 2 is 1.75 bits per heavy atom. The number of carbonyl (C=O) groups is 2. The summed E-state index contributed by atoms with van der Waals surface area (Å²) in [6.45, 7) is 10.3. The normalized spacial score (nSPS) is 10.1. The van der Waals surface area contributed by atoms with Crippen molar-refractivity contribution in [3.8, 4) is 0 Å². The SMILES string of the molecule is CC.CCC(C)(C)CC(=O)NCCC(=O)O. The van der Waals surface area contributed by atoms with Crippen molar-refractivity contribution in [1.29, 1.82) is 0 Å². The molecule has 0 aromatic rings. The molecule has 2 N–H and O–H groups in total. The zero-order valence-corrected chi connectivity index (χ0v) is 11.1. The molecule has 0 aromatic heterocycles. The number of rotatable bonds is 6. The summed E-state index contributed by atoms with van der Waals surface area (Å²) < 4.78 is 0. The van der Waals surface area contributed by atoms with Gasteiger partial charge < -0.3 is 10.4 Å². The molecular weight excluding hydrogens is 206 g/mol. The van der Waals surface area contributed by atoms with Crippen LogP contribution in [0.15, 0.2) is 0 Å². The predicted molar refractivity (Wildman–Crippen MR) is 65.3 cm³/mol. The van der Waals surface area contributed by atoms with Crippen molar-refractivity contribution in [2.75, 3.05) is 6.54 Å². The Labute approximate surface area is 98.4 Å². The van der Waals surface area contributed by atoms with E-state index in [9.17, 15) is 9.59 Å². The molecule has 16 heavy (non-hydrogen) atoms. The number of hydrogen-bond acceptors (Lipinski definition) is 2. The van der Waals surface area contributed by atoms with E-state index in [2.05, 4.69) is 5.32 Å². The van der Waals surface area contributed by atoms with Crippen LogP contribution in [0.3, 0.4) is 0 Å². The van der Waals surface area contributed by atoms with Crippen molar-refractivity contribution in [3.05, 3.63) is 0 Å². The minimum atomic E-state index is -0.889. The predicted octanol–water partition coefficient (Wildman–Crippen LogP) is 2.43. The average Bonchev–Trinajstić information content (AvgIpc) is 2.19. The lowest BCUT2D eigenvalue weighted by atomic mass is 9.86. The second-order valence-electron chi connectivity index (χ2n) is 4.19. The summed E-state index contributed by atoms with van der Waals surface area (Å²) in [4.78, 5) is 21.5. The molecule has 0 aliphatic rings.